The summed E-state index contributed by atoms with van der Waals surface area (Å²) in [5.41, 5.74) is 1.50. The fourth-order valence-electron chi connectivity index (χ4n) is 2.26. The summed E-state index contributed by atoms with van der Waals surface area (Å²) < 4.78 is 23.5. The summed E-state index contributed by atoms with van der Waals surface area (Å²) >= 11 is 0. The summed E-state index contributed by atoms with van der Waals surface area (Å²) in [4.78, 5) is 12.9. The van der Waals surface area contributed by atoms with E-state index in [0.29, 0.717) is 16.7 Å². The molecule has 0 unspecified atom stereocenters. The lowest BCUT2D eigenvalue weighted by Gasteiger charge is -2.15. The maximum absolute atomic E-state index is 12.9. The van der Waals surface area contributed by atoms with E-state index in [-0.39, 0.29) is 19.0 Å². The van der Waals surface area contributed by atoms with Gasteiger partial charge in [-0.05, 0) is 19.4 Å². The van der Waals surface area contributed by atoms with Gasteiger partial charge in [0.05, 0.1) is 13.2 Å². The molecule has 0 aliphatic rings. The summed E-state index contributed by atoms with van der Waals surface area (Å²) in [6.07, 6.45) is 0. The second kappa shape index (κ2) is 8.74. The van der Waals surface area contributed by atoms with Crippen LogP contribution in [0.4, 0.5) is 0 Å². The van der Waals surface area contributed by atoms with Gasteiger partial charge >= 0.3 is 7.60 Å². The van der Waals surface area contributed by atoms with Crippen LogP contribution in [0, 0.1) is 0 Å². The largest absolute Gasteiger partial charge is 0.354 e. The van der Waals surface area contributed by atoms with E-state index in [4.69, 9.17) is 9.05 Å². The molecular formula is C19H21O4P. The molecule has 0 atom stereocenters. The molecule has 0 radical (unpaired) electrons. The first kappa shape index (κ1) is 18.3. The predicted octanol–water partition coefficient (Wildman–Crippen LogP) is 5.18. The molecule has 0 saturated heterocycles. The molecule has 24 heavy (non-hydrogen) atoms. The van der Waals surface area contributed by atoms with Gasteiger partial charge in [-0.1, -0.05) is 60.7 Å². The molecule has 2 aromatic rings. The van der Waals surface area contributed by atoms with Crippen molar-refractivity contribution >= 4 is 19.0 Å². The summed E-state index contributed by atoms with van der Waals surface area (Å²) in [7, 11) is -3.50. The minimum atomic E-state index is -3.50. The zero-order valence-electron chi connectivity index (χ0n) is 13.8. The molecule has 2 rings (SSSR count). The molecule has 0 heterocycles. The molecule has 0 saturated carbocycles. The number of allylic oxidation sites excluding steroid dienone is 1. The van der Waals surface area contributed by atoms with Crippen molar-refractivity contribution in [1.82, 2.24) is 0 Å². The van der Waals surface area contributed by atoms with Gasteiger partial charge in [0, 0.05) is 17.0 Å². The Balaban J connectivity index is 2.53. The lowest BCUT2D eigenvalue weighted by atomic mass is 9.98. The molecule has 0 aliphatic heterocycles. The van der Waals surface area contributed by atoms with Crippen molar-refractivity contribution in [1.29, 1.82) is 0 Å². The van der Waals surface area contributed by atoms with Gasteiger partial charge in [-0.3, -0.25) is 9.36 Å². The van der Waals surface area contributed by atoms with E-state index in [0.717, 1.165) is 0 Å². The van der Waals surface area contributed by atoms with Crippen molar-refractivity contribution in [3.8, 4) is 0 Å². The Labute approximate surface area is 142 Å². The average molecular weight is 344 g/mol. The van der Waals surface area contributed by atoms with Crippen LogP contribution in [0.1, 0.15) is 29.8 Å². The highest BCUT2D eigenvalue weighted by molar-refractivity contribution is 7.57. The lowest BCUT2D eigenvalue weighted by molar-refractivity contribution is 0.105. The quantitative estimate of drug-likeness (QED) is 0.376. The van der Waals surface area contributed by atoms with Gasteiger partial charge in [0.15, 0.2) is 5.78 Å². The van der Waals surface area contributed by atoms with Crippen molar-refractivity contribution in [3.63, 3.8) is 0 Å². The SMILES string of the molecule is CCOP(=O)(/C=C(\C(=O)c1ccccc1)c1ccccc1)OCC. The van der Waals surface area contributed by atoms with Gasteiger partial charge in [0.25, 0.3) is 0 Å². The maximum Gasteiger partial charge on any atom is 0.354 e. The molecule has 2 aromatic carbocycles. The monoisotopic (exact) mass is 344 g/mol. The Morgan fingerprint density at radius 3 is 1.79 bits per heavy atom. The molecule has 0 spiro atoms. The van der Waals surface area contributed by atoms with E-state index < -0.39 is 7.60 Å². The third kappa shape index (κ3) is 4.75. The van der Waals surface area contributed by atoms with E-state index in [2.05, 4.69) is 0 Å². The molecule has 0 fully saturated rings. The first-order valence-electron chi connectivity index (χ1n) is 7.86. The molecule has 4 nitrogen and oxygen atoms in total. The first-order chi connectivity index (χ1) is 11.6. The van der Waals surface area contributed by atoms with Crippen molar-refractivity contribution in [2.24, 2.45) is 0 Å². The Bertz CT molecular complexity index is 728. The second-order valence-electron chi connectivity index (χ2n) is 4.98. The van der Waals surface area contributed by atoms with Gasteiger partial charge in [0.1, 0.15) is 0 Å². The predicted molar refractivity (Wildman–Crippen MR) is 96.1 cm³/mol. The number of ketones is 1. The fraction of sp³-hybridized carbons (Fsp3) is 0.211. The van der Waals surface area contributed by atoms with Gasteiger partial charge in [-0.2, -0.15) is 0 Å². The number of hydrogen-bond donors (Lipinski definition) is 0. The van der Waals surface area contributed by atoms with Gasteiger partial charge in [-0.25, -0.2) is 0 Å². The van der Waals surface area contributed by atoms with E-state index in [1.807, 2.05) is 24.3 Å². The molecule has 0 amide bonds. The minimum Gasteiger partial charge on any atom is -0.306 e. The van der Waals surface area contributed by atoms with Crippen molar-refractivity contribution < 1.29 is 18.4 Å². The Hall–Kier alpha value is -2.00. The van der Waals surface area contributed by atoms with Crippen LogP contribution >= 0.6 is 7.60 Å². The first-order valence-corrected chi connectivity index (χ1v) is 9.47. The maximum atomic E-state index is 12.9. The van der Waals surface area contributed by atoms with Gasteiger partial charge in [0.2, 0.25) is 0 Å². The van der Waals surface area contributed by atoms with E-state index in [1.54, 1.807) is 50.2 Å². The van der Waals surface area contributed by atoms with Crippen LogP contribution in [0.15, 0.2) is 66.5 Å². The molecule has 126 valence electrons. The zero-order chi connectivity index (χ0) is 17.4. The number of Topliss-reactive ketones (excluding diaryl/α,β-unsaturated/α-hetero) is 1. The topological polar surface area (TPSA) is 52.6 Å². The van der Waals surface area contributed by atoms with Crippen LogP contribution < -0.4 is 0 Å². The van der Waals surface area contributed by atoms with Crippen LogP contribution in [0.25, 0.3) is 5.57 Å². The van der Waals surface area contributed by atoms with Crippen LogP contribution in [0.3, 0.4) is 0 Å². The van der Waals surface area contributed by atoms with E-state index in [1.165, 1.54) is 5.82 Å². The molecule has 0 bridgehead atoms. The number of rotatable bonds is 8. The third-order valence-corrected chi connectivity index (χ3v) is 5.08. The Morgan fingerprint density at radius 2 is 1.33 bits per heavy atom. The standard InChI is InChI=1S/C19H21O4P/c1-3-22-24(21,23-4-2)15-18(16-11-7-5-8-12-16)19(20)17-13-9-6-10-14-17/h5-15H,3-4H2,1-2H3/b18-15-. The number of benzene rings is 2. The minimum absolute atomic E-state index is 0.221. The van der Waals surface area contributed by atoms with Gasteiger partial charge in [-0.15, -0.1) is 0 Å². The lowest BCUT2D eigenvalue weighted by Crippen LogP contribution is -2.04. The second-order valence-corrected chi connectivity index (χ2v) is 6.83. The Morgan fingerprint density at radius 1 is 0.875 bits per heavy atom. The van der Waals surface area contributed by atoms with Crippen LogP contribution in [0.2, 0.25) is 0 Å². The molecular weight excluding hydrogens is 323 g/mol. The van der Waals surface area contributed by atoms with Crippen molar-refractivity contribution in [2.75, 3.05) is 13.2 Å². The number of carbonyl (C=O) groups excluding carboxylic acids is 1. The fourth-order valence-corrected chi connectivity index (χ4v) is 3.78. The molecule has 0 N–H and O–H groups in total. The third-order valence-electron chi connectivity index (χ3n) is 3.27. The average Bonchev–Trinajstić information content (AvgIpc) is 2.61. The summed E-state index contributed by atoms with van der Waals surface area (Å²) in [5, 5.41) is 0. The van der Waals surface area contributed by atoms with Crippen LogP contribution in [-0.4, -0.2) is 19.0 Å². The highest BCUT2D eigenvalue weighted by Gasteiger charge is 2.25. The highest BCUT2D eigenvalue weighted by Crippen LogP contribution is 2.51. The Kier molecular flexibility index (Phi) is 6.68. The number of hydrogen-bond acceptors (Lipinski definition) is 4. The summed E-state index contributed by atoms with van der Waals surface area (Å²) in [5.74, 6) is 1.12. The van der Waals surface area contributed by atoms with E-state index >= 15 is 0 Å². The summed E-state index contributed by atoms with van der Waals surface area (Å²) in [6.45, 7) is 3.94. The molecule has 0 aliphatic carbocycles. The van der Waals surface area contributed by atoms with Gasteiger partial charge < -0.3 is 9.05 Å². The normalized spacial score (nSPS) is 12.2. The van der Waals surface area contributed by atoms with Crippen LogP contribution in [-0.2, 0) is 13.6 Å². The zero-order valence-corrected chi connectivity index (χ0v) is 14.7. The van der Waals surface area contributed by atoms with Crippen molar-refractivity contribution in [3.05, 3.63) is 77.6 Å². The highest BCUT2D eigenvalue weighted by atomic mass is 31.2. The number of carbonyl (C=O) groups is 1. The molecule has 0 aromatic heterocycles. The van der Waals surface area contributed by atoms with Crippen LogP contribution in [0.5, 0.6) is 0 Å². The smallest absolute Gasteiger partial charge is 0.306 e. The molecule has 5 heteroatoms. The summed E-state index contributed by atoms with van der Waals surface area (Å²) in [6, 6.07) is 18.0. The van der Waals surface area contributed by atoms with E-state index in [9.17, 15) is 9.36 Å². The van der Waals surface area contributed by atoms with Crippen molar-refractivity contribution in [2.45, 2.75) is 13.8 Å².